The maximum Gasteiger partial charge on any atom is 0.269 e. The maximum absolute atomic E-state index is 13.0. The van der Waals surface area contributed by atoms with Crippen LogP contribution in [0.2, 0.25) is 0 Å². The van der Waals surface area contributed by atoms with Gasteiger partial charge in [-0.3, -0.25) is 10.1 Å². The smallest absolute Gasteiger partial charge is 0.258 e. The van der Waals surface area contributed by atoms with E-state index in [4.69, 9.17) is 12.2 Å². The molecular formula is C15H10FN3O2S3. The van der Waals surface area contributed by atoms with Crippen LogP contribution in [0.4, 0.5) is 10.1 Å². The Morgan fingerprint density at radius 1 is 1.29 bits per heavy atom. The van der Waals surface area contributed by atoms with Crippen molar-refractivity contribution < 1.29 is 9.31 Å². The molecule has 0 unspecified atom stereocenters. The van der Waals surface area contributed by atoms with Crippen LogP contribution in [0.1, 0.15) is 5.56 Å². The zero-order valence-corrected chi connectivity index (χ0v) is 14.5. The van der Waals surface area contributed by atoms with E-state index in [0.717, 1.165) is 9.90 Å². The SMILES string of the molecule is O=[N+]([O-])c1cccc(CSc2nn(-c3ccc(F)cc3)c(=S)s2)c1. The third-order valence-electron chi connectivity index (χ3n) is 3.08. The number of nitro groups is 1. The molecule has 0 fully saturated rings. The van der Waals surface area contributed by atoms with Crippen LogP contribution >= 0.6 is 35.3 Å². The van der Waals surface area contributed by atoms with Crippen LogP contribution in [0.3, 0.4) is 0 Å². The van der Waals surface area contributed by atoms with Gasteiger partial charge in [0.2, 0.25) is 0 Å². The molecule has 2 aromatic carbocycles. The largest absolute Gasteiger partial charge is 0.269 e. The van der Waals surface area contributed by atoms with Crippen LogP contribution in [0.5, 0.6) is 0 Å². The van der Waals surface area contributed by atoms with Gasteiger partial charge >= 0.3 is 0 Å². The molecule has 0 N–H and O–H groups in total. The third-order valence-corrected chi connectivity index (χ3v) is 5.52. The predicted octanol–water partition coefficient (Wildman–Crippen LogP) is 5.00. The minimum atomic E-state index is -0.415. The molecule has 1 aromatic heterocycles. The lowest BCUT2D eigenvalue weighted by Crippen LogP contribution is -1.96. The molecule has 1 heterocycles. The quantitative estimate of drug-likeness (QED) is 0.270. The summed E-state index contributed by atoms with van der Waals surface area (Å²) in [7, 11) is 0. The molecule has 0 spiro atoms. The molecule has 0 atom stereocenters. The van der Waals surface area contributed by atoms with Gasteiger partial charge in [-0.2, -0.15) is 0 Å². The lowest BCUT2D eigenvalue weighted by Gasteiger charge is -2.00. The first-order chi connectivity index (χ1) is 11.5. The molecule has 0 saturated heterocycles. The first kappa shape index (κ1) is 16.7. The van der Waals surface area contributed by atoms with Gasteiger partial charge in [0.25, 0.3) is 5.69 Å². The highest BCUT2D eigenvalue weighted by atomic mass is 32.2. The lowest BCUT2D eigenvalue weighted by atomic mass is 10.2. The number of aromatic nitrogens is 2. The number of nitrogens with zero attached hydrogens (tertiary/aromatic N) is 3. The van der Waals surface area contributed by atoms with Gasteiger partial charge in [-0.25, -0.2) is 9.07 Å². The van der Waals surface area contributed by atoms with E-state index in [2.05, 4.69) is 5.10 Å². The monoisotopic (exact) mass is 379 g/mol. The fourth-order valence-electron chi connectivity index (χ4n) is 1.97. The van der Waals surface area contributed by atoms with E-state index in [1.165, 1.54) is 41.3 Å². The summed E-state index contributed by atoms with van der Waals surface area (Å²) in [4.78, 5) is 10.4. The van der Waals surface area contributed by atoms with Gasteiger partial charge in [0.1, 0.15) is 5.82 Å². The number of non-ortho nitro benzene ring substituents is 1. The summed E-state index contributed by atoms with van der Waals surface area (Å²) in [6.07, 6.45) is 0. The first-order valence-electron chi connectivity index (χ1n) is 6.75. The Morgan fingerprint density at radius 2 is 2.04 bits per heavy atom. The van der Waals surface area contributed by atoms with Crippen molar-refractivity contribution >= 4 is 41.0 Å². The minimum absolute atomic E-state index is 0.0672. The number of halogens is 1. The normalized spacial score (nSPS) is 10.7. The molecule has 9 heteroatoms. The average molecular weight is 379 g/mol. The fraction of sp³-hybridized carbons (Fsp3) is 0.0667. The van der Waals surface area contributed by atoms with E-state index in [0.29, 0.717) is 15.4 Å². The molecule has 3 rings (SSSR count). The van der Waals surface area contributed by atoms with Crippen LogP contribution in [0.25, 0.3) is 5.69 Å². The topological polar surface area (TPSA) is 61.0 Å². The second-order valence-electron chi connectivity index (χ2n) is 4.74. The summed E-state index contributed by atoms with van der Waals surface area (Å²) in [6, 6.07) is 12.4. The standard InChI is InChI=1S/C15H10FN3O2S3/c16-11-4-6-12(7-5-11)18-15(22)24-14(17-18)23-9-10-2-1-3-13(8-10)19(20)21/h1-8H,9H2. The van der Waals surface area contributed by atoms with E-state index in [9.17, 15) is 14.5 Å². The highest BCUT2D eigenvalue weighted by Gasteiger charge is 2.09. The molecule has 122 valence electrons. The maximum atomic E-state index is 13.0. The van der Waals surface area contributed by atoms with Gasteiger partial charge in [-0.1, -0.05) is 35.2 Å². The van der Waals surface area contributed by atoms with Crippen LogP contribution in [-0.4, -0.2) is 14.7 Å². The highest BCUT2D eigenvalue weighted by molar-refractivity contribution is 8.00. The van der Waals surface area contributed by atoms with Crippen molar-refractivity contribution in [2.24, 2.45) is 0 Å². The van der Waals surface area contributed by atoms with Crippen molar-refractivity contribution in [3.8, 4) is 5.69 Å². The van der Waals surface area contributed by atoms with Crippen LogP contribution in [-0.2, 0) is 5.75 Å². The summed E-state index contributed by atoms with van der Waals surface area (Å²) in [5, 5.41) is 15.2. The van der Waals surface area contributed by atoms with Crippen molar-refractivity contribution in [1.29, 1.82) is 0 Å². The Kier molecular flexibility index (Phi) is 5.03. The molecule has 24 heavy (non-hydrogen) atoms. The molecule has 0 radical (unpaired) electrons. The van der Waals surface area contributed by atoms with Gasteiger partial charge in [-0.15, -0.1) is 5.10 Å². The molecule has 0 amide bonds. The van der Waals surface area contributed by atoms with Gasteiger partial charge in [-0.05, 0) is 42.0 Å². The van der Waals surface area contributed by atoms with E-state index in [1.807, 2.05) is 6.07 Å². The molecule has 0 saturated carbocycles. The van der Waals surface area contributed by atoms with Crippen LogP contribution < -0.4 is 0 Å². The van der Waals surface area contributed by atoms with Gasteiger partial charge < -0.3 is 0 Å². The fourth-order valence-corrected chi connectivity index (χ4v) is 4.27. The molecule has 3 aromatic rings. The second kappa shape index (κ2) is 7.20. The Hall–Kier alpha value is -2.10. The van der Waals surface area contributed by atoms with E-state index in [1.54, 1.807) is 28.9 Å². The van der Waals surface area contributed by atoms with Crippen LogP contribution in [0.15, 0.2) is 52.9 Å². The van der Waals surface area contributed by atoms with Crippen LogP contribution in [0, 0.1) is 19.9 Å². The zero-order chi connectivity index (χ0) is 17.1. The summed E-state index contributed by atoms with van der Waals surface area (Å²) in [5.74, 6) is 0.230. The summed E-state index contributed by atoms with van der Waals surface area (Å²) < 4.78 is 15.9. The van der Waals surface area contributed by atoms with Crippen molar-refractivity contribution in [3.05, 3.63) is 74.0 Å². The van der Waals surface area contributed by atoms with Crippen molar-refractivity contribution in [2.45, 2.75) is 10.1 Å². The highest BCUT2D eigenvalue weighted by Crippen LogP contribution is 2.28. The Labute approximate surface area is 149 Å². The minimum Gasteiger partial charge on any atom is -0.258 e. The molecule has 0 bridgehead atoms. The number of nitro benzene ring substituents is 1. The average Bonchev–Trinajstić information content (AvgIpc) is 2.95. The molecule has 0 aliphatic heterocycles. The van der Waals surface area contributed by atoms with Crippen molar-refractivity contribution in [1.82, 2.24) is 9.78 Å². The number of hydrogen-bond donors (Lipinski definition) is 0. The van der Waals surface area contributed by atoms with Crippen molar-refractivity contribution in [2.75, 3.05) is 0 Å². The Morgan fingerprint density at radius 3 is 2.75 bits per heavy atom. The second-order valence-corrected chi connectivity index (χ2v) is 7.58. The third kappa shape index (κ3) is 3.86. The number of thioether (sulfide) groups is 1. The number of rotatable bonds is 5. The van der Waals surface area contributed by atoms with E-state index < -0.39 is 4.92 Å². The summed E-state index contributed by atoms with van der Waals surface area (Å²) >= 11 is 8.09. The summed E-state index contributed by atoms with van der Waals surface area (Å²) in [5.41, 5.74) is 1.60. The molecule has 0 aliphatic rings. The van der Waals surface area contributed by atoms with E-state index in [-0.39, 0.29) is 11.5 Å². The Bertz CT molecular complexity index is 938. The van der Waals surface area contributed by atoms with Crippen molar-refractivity contribution in [3.63, 3.8) is 0 Å². The molecule has 0 aliphatic carbocycles. The lowest BCUT2D eigenvalue weighted by molar-refractivity contribution is -0.384. The molecule has 5 nitrogen and oxygen atoms in total. The first-order valence-corrected chi connectivity index (χ1v) is 8.96. The van der Waals surface area contributed by atoms with Gasteiger partial charge in [0.05, 0.1) is 10.6 Å². The number of hydrogen-bond acceptors (Lipinski definition) is 6. The van der Waals surface area contributed by atoms with Gasteiger partial charge in [0, 0.05) is 17.9 Å². The predicted molar refractivity (Wildman–Crippen MR) is 94.9 cm³/mol. The number of benzene rings is 2. The van der Waals surface area contributed by atoms with Gasteiger partial charge in [0.15, 0.2) is 8.29 Å². The zero-order valence-electron chi connectivity index (χ0n) is 12.1. The summed E-state index contributed by atoms with van der Waals surface area (Å²) in [6.45, 7) is 0. The van der Waals surface area contributed by atoms with E-state index >= 15 is 0 Å². The molecular weight excluding hydrogens is 369 g/mol. The Balaban J connectivity index is 1.76.